The summed E-state index contributed by atoms with van der Waals surface area (Å²) in [5.41, 5.74) is 1.40. The Hall–Kier alpha value is -1.97. The Balaban J connectivity index is 1.94. The van der Waals surface area contributed by atoms with Gasteiger partial charge in [-0.1, -0.05) is 5.16 Å². The molecule has 4 heteroatoms. The summed E-state index contributed by atoms with van der Waals surface area (Å²) in [6.45, 7) is 0. The summed E-state index contributed by atoms with van der Waals surface area (Å²) in [7, 11) is 0. The molecule has 0 bridgehead atoms. The third-order valence-electron chi connectivity index (χ3n) is 2.91. The van der Waals surface area contributed by atoms with Crippen molar-refractivity contribution in [1.29, 1.82) is 0 Å². The van der Waals surface area contributed by atoms with Gasteiger partial charge in [0, 0.05) is 6.07 Å². The molecule has 2 heterocycles. The lowest BCUT2D eigenvalue weighted by Crippen LogP contribution is -2.20. The first-order valence-corrected chi connectivity index (χ1v) is 5.19. The molecule has 80 valence electrons. The number of hydrogen-bond donors (Lipinski definition) is 0. The second-order valence-corrected chi connectivity index (χ2v) is 4.00. The number of aliphatic imine (C=N–C) groups is 1. The Bertz CT molecular complexity index is 493. The number of rotatable bonds is 1. The molecule has 1 aromatic rings. The van der Waals surface area contributed by atoms with Crippen molar-refractivity contribution < 1.29 is 9.32 Å². The molecule has 0 fully saturated rings. The van der Waals surface area contributed by atoms with E-state index in [0.717, 1.165) is 24.2 Å². The van der Waals surface area contributed by atoms with Crippen molar-refractivity contribution >= 4 is 11.5 Å². The summed E-state index contributed by atoms with van der Waals surface area (Å²) in [4.78, 5) is 15.7. The molecule has 1 aliphatic carbocycles. The molecule has 1 spiro atoms. The largest absolute Gasteiger partial charge is 0.364 e. The predicted octanol–water partition coefficient (Wildman–Crippen LogP) is 1.69. The molecule has 4 nitrogen and oxygen atoms in total. The quantitative estimate of drug-likeness (QED) is 0.714. The maximum Gasteiger partial charge on any atom is 0.178 e. The van der Waals surface area contributed by atoms with Crippen LogP contribution in [0, 0.1) is 0 Å². The summed E-state index contributed by atoms with van der Waals surface area (Å²) in [5, 5.41) is 3.87. The molecule has 0 saturated heterocycles. The summed E-state index contributed by atoms with van der Waals surface area (Å²) < 4.78 is 4.80. The van der Waals surface area contributed by atoms with Gasteiger partial charge in [0.1, 0.15) is 12.0 Å². The first-order valence-electron chi connectivity index (χ1n) is 5.19. The van der Waals surface area contributed by atoms with Crippen LogP contribution in [0.4, 0.5) is 0 Å². The Morgan fingerprint density at radius 3 is 2.81 bits per heavy atom. The van der Waals surface area contributed by atoms with Crippen LogP contribution < -0.4 is 0 Å². The van der Waals surface area contributed by atoms with Crippen LogP contribution in [0.5, 0.6) is 0 Å². The second-order valence-electron chi connectivity index (χ2n) is 4.00. The van der Waals surface area contributed by atoms with Gasteiger partial charge < -0.3 is 4.52 Å². The lowest BCUT2D eigenvalue weighted by atomic mass is 9.91. The molecule has 16 heavy (non-hydrogen) atoms. The van der Waals surface area contributed by atoms with Crippen LogP contribution in [0.25, 0.3) is 0 Å². The van der Waals surface area contributed by atoms with E-state index >= 15 is 0 Å². The standard InChI is InChI=1S/C12H10N2O2/c15-9-1-5-12(6-2-9)7-3-10(13-12)11-4-8-16-14-11/h1-2,4-6,8H,3,7H2. The van der Waals surface area contributed by atoms with Crippen molar-refractivity contribution in [2.45, 2.75) is 18.4 Å². The predicted molar refractivity (Wildman–Crippen MR) is 58.3 cm³/mol. The van der Waals surface area contributed by atoms with E-state index in [-0.39, 0.29) is 11.3 Å². The zero-order chi connectivity index (χ0) is 11.0. The van der Waals surface area contributed by atoms with Gasteiger partial charge in [0.25, 0.3) is 0 Å². The molecule has 0 radical (unpaired) electrons. The third-order valence-corrected chi connectivity index (χ3v) is 2.91. The zero-order valence-electron chi connectivity index (χ0n) is 8.59. The topological polar surface area (TPSA) is 55.5 Å². The molecule has 1 aromatic heterocycles. The summed E-state index contributed by atoms with van der Waals surface area (Å²) in [5.74, 6) is 0.0238. The van der Waals surface area contributed by atoms with Gasteiger partial charge in [0.15, 0.2) is 5.78 Å². The summed E-state index contributed by atoms with van der Waals surface area (Å²) in [6, 6.07) is 1.80. The number of aromatic nitrogens is 1. The molecule has 0 atom stereocenters. The normalized spacial score (nSPS) is 21.8. The fourth-order valence-corrected chi connectivity index (χ4v) is 2.03. The van der Waals surface area contributed by atoms with Gasteiger partial charge in [-0.3, -0.25) is 9.79 Å². The molecule has 0 saturated carbocycles. The van der Waals surface area contributed by atoms with Crippen molar-refractivity contribution in [1.82, 2.24) is 5.16 Å². The molecule has 0 aromatic carbocycles. The molecule has 0 amide bonds. The number of nitrogens with zero attached hydrogens (tertiary/aromatic N) is 2. The highest BCUT2D eigenvalue weighted by Crippen LogP contribution is 2.32. The average Bonchev–Trinajstić information content (AvgIpc) is 2.93. The summed E-state index contributed by atoms with van der Waals surface area (Å²) in [6.07, 6.45) is 10.2. The summed E-state index contributed by atoms with van der Waals surface area (Å²) >= 11 is 0. The Labute approximate surface area is 92.3 Å². The van der Waals surface area contributed by atoms with Gasteiger partial charge in [0.2, 0.25) is 0 Å². The van der Waals surface area contributed by atoms with E-state index in [2.05, 4.69) is 10.1 Å². The molecule has 3 rings (SSSR count). The molecular weight excluding hydrogens is 204 g/mol. The lowest BCUT2D eigenvalue weighted by Gasteiger charge is -2.18. The van der Waals surface area contributed by atoms with E-state index < -0.39 is 0 Å². The Morgan fingerprint density at radius 1 is 1.31 bits per heavy atom. The molecule has 2 aliphatic rings. The van der Waals surface area contributed by atoms with Crippen molar-refractivity contribution in [3.05, 3.63) is 42.3 Å². The SMILES string of the molecule is O=C1C=CC2(C=C1)CCC(c1ccon1)=N2. The average molecular weight is 214 g/mol. The van der Waals surface area contributed by atoms with Gasteiger partial charge in [-0.05, 0) is 37.1 Å². The maximum atomic E-state index is 11.1. The minimum atomic E-state index is -0.331. The number of hydrogen-bond acceptors (Lipinski definition) is 4. The van der Waals surface area contributed by atoms with Crippen molar-refractivity contribution in [2.75, 3.05) is 0 Å². The van der Waals surface area contributed by atoms with Crippen molar-refractivity contribution in [2.24, 2.45) is 4.99 Å². The lowest BCUT2D eigenvalue weighted by molar-refractivity contribution is -0.110. The first-order chi connectivity index (χ1) is 7.77. The molecule has 0 unspecified atom stereocenters. The van der Waals surface area contributed by atoms with E-state index in [4.69, 9.17) is 4.52 Å². The van der Waals surface area contributed by atoms with Crippen LogP contribution in [0.15, 0.2) is 46.1 Å². The highest BCUT2D eigenvalue weighted by atomic mass is 16.5. The van der Waals surface area contributed by atoms with Gasteiger partial charge in [-0.25, -0.2) is 0 Å². The smallest absolute Gasteiger partial charge is 0.178 e. The van der Waals surface area contributed by atoms with Gasteiger partial charge in [0.05, 0.1) is 11.3 Å². The van der Waals surface area contributed by atoms with Crippen LogP contribution in [0.2, 0.25) is 0 Å². The van der Waals surface area contributed by atoms with Gasteiger partial charge >= 0.3 is 0 Å². The van der Waals surface area contributed by atoms with Gasteiger partial charge in [-0.2, -0.15) is 0 Å². The Morgan fingerprint density at radius 2 is 2.12 bits per heavy atom. The van der Waals surface area contributed by atoms with E-state index in [1.54, 1.807) is 24.5 Å². The van der Waals surface area contributed by atoms with Crippen LogP contribution in [-0.2, 0) is 4.79 Å². The highest BCUT2D eigenvalue weighted by molar-refractivity contribution is 6.03. The third kappa shape index (κ3) is 1.43. The van der Waals surface area contributed by atoms with E-state index in [9.17, 15) is 4.79 Å². The molecule has 1 aliphatic heterocycles. The first kappa shape index (κ1) is 9.27. The van der Waals surface area contributed by atoms with Gasteiger partial charge in [-0.15, -0.1) is 0 Å². The number of ketones is 1. The fourth-order valence-electron chi connectivity index (χ4n) is 2.03. The van der Waals surface area contributed by atoms with E-state index in [1.165, 1.54) is 0 Å². The number of carbonyl (C=O) groups excluding carboxylic acids is 1. The number of carbonyl (C=O) groups is 1. The Kier molecular flexibility index (Phi) is 1.89. The minimum absolute atomic E-state index is 0.0238. The van der Waals surface area contributed by atoms with Crippen LogP contribution >= 0.6 is 0 Å². The van der Waals surface area contributed by atoms with Crippen LogP contribution in [-0.4, -0.2) is 22.2 Å². The monoisotopic (exact) mass is 214 g/mol. The number of allylic oxidation sites excluding steroid dienone is 2. The maximum absolute atomic E-state index is 11.1. The van der Waals surface area contributed by atoms with Crippen molar-refractivity contribution in [3.8, 4) is 0 Å². The van der Waals surface area contributed by atoms with E-state index in [1.807, 2.05) is 12.2 Å². The second kappa shape index (κ2) is 3.27. The zero-order valence-corrected chi connectivity index (χ0v) is 8.59. The molecule has 0 N–H and O–H groups in total. The fraction of sp³-hybridized carbons (Fsp3) is 0.250. The van der Waals surface area contributed by atoms with Crippen LogP contribution in [0.3, 0.4) is 0 Å². The minimum Gasteiger partial charge on any atom is -0.364 e. The highest BCUT2D eigenvalue weighted by Gasteiger charge is 2.32. The van der Waals surface area contributed by atoms with Crippen LogP contribution in [0.1, 0.15) is 18.5 Å². The van der Waals surface area contributed by atoms with Crippen molar-refractivity contribution in [3.63, 3.8) is 0 Å². The molecular formula is C12H10N2O2. The van der Waals surface area contributed by atoms with E-state index in [0.29, 0.717) is 0 Å².